The second-order valence-electron chi connectivity index (χ2n) is 13.7. The van der Waals surface area contributed by atoms with E-state index in [1.165, 1.54) is 109 Å². The Morgan fingerprint density at radius 2 is 1.09 bits per heavy atom. The molecule has 46 heavy (non-hydrogen) atoms. The summed E-state index contributed by atoms with van der Waals surface area (Å²) in [4.78, 5) is 12.8. The maximum atomic E-state index is 12.8. The van der Waals surface area contributed by atoms with Gasteiger partial charge in [0, 0.05) is 6.42 Å². The molecule has 0 radical (unpaired) electrons. The molecule has 1 fully saturated rings. The van der Waals surface area contributed by atoms with Crippen LogP contribution in [-0.4, -0.2) is 87.5 Å². The van der Waals surface area contributed by atoms with Crippen molar-refractivity contribution in [2.75, 3.05) is 13.2 Å². The monoisotopic (exact) mass is 660 g/mol. The molecule has 1 saturated heterocycles. The number of carbonyl (C=O) groups is 1. The Kier molecular flexibility index (Phi) is 27.4. The molecular weight excluding hydrogens is 586 g/mol. The van der Waals surface area contributed by atoms with Gasteiger partial charge in [-0.25, -0.2) is 0 Å². The van der Waals surface area contributed by atoms with Crippen LogP contribution < -0.4 is 5.32 Å². The summed E-state index contributed by atoms with van der Waals surface area (Å²) in [5.41, 5.74) is 0. The molecule has 1 aliphatic rings. The van der Waals surface area contributed by atoms with E-state index >= 15 is 0 Å². The average Bonchev–Trinajstić information content (AvgIpc) is 3.05. The van der Waals surface area contributed by atoms with E-state index < -0.39 is 49.5 Å². The molecule has 9 heteroatoms. The zero-order valence-corrected chi connectivity index (χ0v) is 29.6. The molecule has 9 nitrogen and oxygen atoms in total. The van der Waals surface area contributed by atoms with Crippen LogP contribution in [0.2, 0.25) is 0 Å². The summed E-state index contributed by atoms with van der Waals surface area (Å²) >= 11 is 0. The SMILES string of the molecule is CCCCCCCCCCCCCCCC(=O)NC(COC1OC(CO)C(O)C(O)C1O)C(O)CCCCCCCCCCCC. The van der Waals surface area contributed by atoms with Gasteiger partial charge in [-0.1, -0.05) is 155 Å². The summed E-state index contributed by atoms with van der Waals surface area (Å²) < 4.78 is 11.2. The van der Waals surface area contributed by atoms with Crippen molar-refractivity contribution in [3.63, 3.8) is 0 Å². The van der Waals surface area contributed by atoms with Crippen LogP contribution in [0.3, 0.4) is 0 Å². The fourth-order valence-corrected chi connectivity index (χ4v) is 6.28. The van der Waals surface area contributed by atoms with Crippen molar-refractivity contribution in [1.82, 2.24) is 5.32 Å². The Bertz CT molecular complexity index is 696. The van der Waals surface area contributed by atoms with E-state index in [0.29, 0.717) is 12.8 Å². The number of ether oxygens (including phenoxy) is 2. The number of hydrogen-bond acceptors (Lipinski definition) is 8. The van der Waals surface area contributed by atoms with Crippen molar-refractivity contribution in [2.24, 2.45) is 0 Å². The van der Waals surface area contributed by atoms with Crippen LogP contribution in [0, 0.1) is 0 Å². The van der Waals surface area contributed by atoms with Gasteiger partial charge in [0.25, 0.3) is 0 Å². The number of aliphatic hydroxyl groups is 5. The molecule has 1 rings (SSSR count). The van der Waals surface area contributed by atoms with E-state index in [2.05, 4.69) is 19.2 Å². The van der Waals surface area contributed by atoms with E-state index in [1.807, 2.05) is 0 Å². The highest BCUT2D eigenvalue weighted by Crippen LogP contribution is 2.23. The van der Waals surface area contributed by atoms with Crippen molar-refractivity contribution >= 4 is 5.91 Å². The number of hydrogen-bond donors (Lipinski definition) is 6. The zero-order valence-electron chi connectivity index (χ0n) is 29.6. The molecule has 274 valence electrons. The number of carbonyl (C=O) groups excluding carboxylic acids is 1. The molecular formula is C37H73NO8. The maximum absolute atomic E-state index is 12.8. The van der Waals surface area contributed by atoms with Gasteiger partial charge in [0.05, 0.1) is 25.4 Å². The molecule has 7 unspecified atom stereocenters. The molecule has 6 N–H and O–H groups in total. The maximum Gasteiger partial charge on any atom is 0.220 e. The normalized spacial score (nSPS) is 23.0. The number of nitrogens with one attached hydrogen (secondary N) is 1. The fourth-order valence-electron chi connectivity index (χ4n) is 6.28. The first-order valence-electron chi connectivity index (χ1n) is 19.2. The van der Waals surface area contributed by atoms with Crippen LogP contribution in [0.4, 0.5) is 0 Å². The Labute approximate surface area is 281 Å². The summed E-state index contributed by atoms with van der Waals surface area (Å²) in [6.45, 7) is 3.80. The van der Waals surface area contributed by atoms with Gasteiger partial charge in [0.15, 0.2) is 6.29 Å². The summed E-state index contributed by atoms with van der Waals surface area (Å²) in [5, 5.41) is 53.9. The minimum absolute atomic E-state index is 0.133. The number of rotatable bonds is 31. The Morgan fingerprint density at radius 3 is 1.54 bits per heavy atom. The predicted octanol–water partition coefficient (Wildman–Crippen LogP) is 6.44. The first kappa shape index (κ1) is 43.2. The standard InChI is InChI=1S/C37H73NO8/c1-3-5-7-9-11-13-15-16-17-19-21-23-25-27-33(41)38-30(29-45-37-36(44)35(43)34(42)32(28-39)46-37)31(40)26-24-22-20-18-14-12-10-8-6-4-2/h30-32,34-37,39-40,42-44H,3-29H2,1-2H3,(H,38,41). The van der Waals surface area contributed by atoms with Crippen molar-refractivity contribution in [3.05, 3.63) is 0 Å². The summed E-state index contributed by atoms with van der Waals surface area (Å²) in [5.74, 6) is -0.146. The second-order valence-corrected chi connectivity index (χ2v) is 13.7. The fraction of sp³-hybridized carbons (Fsp3) is 0.973. The number of aliphatic hydroxyl groups excluding tert-OH is 5. The molecule has 0 aromatic carbocycles. The van der Waals surface area contributed by atoms with Gasteiger partial charge >= 0.3 is 0 Å². The van der Waals surface area contributed by atoms with Crippen LogP contribution in [0.5, 0.6) is 0 Å². The van der Waals surface area contributed by atoms with E-state index in [-0.39, 0.29) is 12.5 Å². The lowest BCUT2D eigenvalue weighted by Crippen LogP contribution is -2.60. The van der Waals surface area contributed by atoms with E-state index in [1.54, 1.807) is 0 Å². The summed E-state index contributed by atoms with van der Waals surface area (Å²) in [6, 6.07) is -0.708. The lowest BCUT2D eigenvalue weighted by Gasteiger charge is -2.40. The Morgan fingerprint density at radius 1 is 0.652 bits per heavy atom. The van der Waals surface area contributed by atoms with Gasteiger partial charge in [-0.3, -0.25) is 4.79 Å². The third-order valence-electron chi connectivity index (χ3n) is 9.46. The van der Waals surface area contributed by atoms with E-state index in [4.69, 9.17) is 9.47 Å². The van der Waals surface area contributed by atoms with Gasteiger partial charge in [-0.15, -0.1) is 0 Å². The van der Waals surface area contributed by atoms with Gasteiger partial charge < -0.3 is 40.3 Å². The minimum Gasteiger partial charge on any atom is -0.394 e. The van der Waals surface area contributed by atoms with Gasteiger partial charge in [0.2, 0.25) is 5.91 Å². The van der Waals surface area contributed by atoms with Crippen molar-refractivity contribution in [3.8, 4) is 0 Å². The molecule has 0 aromatic rings. The third-order valence-corrected chi connectivity index (χ3v) is 9.46. The summed E-state index contributed by atoms with van der Waals surface area (Å²) in [7, 11) is 0. The molecule has 0 aliphatic carbocycles. The zero-order chi connectivity index (χ0) is 33.8. The highest BCUT2D eigenvalue weighted by atomic mass is 16.7. The van der Waals surface area contributed by atoms with Crippen molar-refractivity contribution in [1.29, 1.82) is 0 Å². The van der Waals surface area contributed by atoms with E-state index in [0.717, 1.165) is 38.5 Å². The lowest BCUT2D eigenvalue weighted by atomic mass is 9.99. The molecule has 0 saturated carbocycles. The number of amides is 1. The lowest BCUT2D eigenvalue weighted by molar-refractivity contribution is -0.302. The van der Waals surface area contributed by atoms with E-state index in [9.17, 15) is 30.3 Å². The van der Waals surface area contributed by atoms with Gasteiger partial charge in [-0.05, 0) is 12.8 Å². The largest absolute Gasteiger partial charge is 0.394 e. The van der Waals surface area contributed by atoms with Crippen LogP contribution in [-0.2, 0) is 14.3 Å². The predicted molar refractivity (Wildman–Crippen MR) is 184 cm³/mol. The summed E-state index contributed by atoms with van der Waals surface area (Å²) in [6.07, 6.45) is 21.1. The number of unbranched alkanes of at least 4 members (excludes halogenated alkanes) is 21. The molecule has 0 aromatic heterocycles. The van der Waals surface area contributed by atoms with Crippen LogP contribution >= 0.6 is 0 Å². The minimum atomic E-state index is -1.55. The highest BCUT2D eigenvalue weighted by molar-refractivity contribution is 5.76. The molecule has 0 bridgehead atoms. The van der Waals surface area contributed by atoms with Crippen LogP contribution in [0.15, 0.2) is 0 Å². The van der Waals surface area contributed by atoms with Gasteiger partial charge in [0.1, 0.15) is 24.4 Å². The second kappa shape index (κ2) is 29.1. The highest BCUT2D eigenvalue weighted by Gasteiger charge is 2.44. The van der Waals surface area contributed by atoms with Crippen LogP contribution in [0.1, 0.15) is 174 Å². The average molecular weight is 660 g/mol. The smallest absolute Gasteiger partial charge is 0.220 e. The first-order valence-corrected chi connectivity index (χ1v) is 19.2. The third kappa shape index (κ3) is 20.5. The van der Waals surface area contributed by atoms with Gasteiger partial charge in [-0.2, -0.15) is 0 Å². The molecule has 1 heterocycles. The Hall–Kier alpha value is -0.810. The van der Waals surface area contributed by atoms with Crippen molar-refractivity contribution < 1.29 is 39.8 Å². The molecule has 7 atom stereocenters. The molecule has 1 aliphatic heterocycles. The Balaban J connectivity index is 2.41. The van der Waals surface area contributed by atoms with Crippen LogP contribution in [0.25, 0.3) is 0 Å². The van der Waals surface area contributed by atoms with Crippen molar-refractivity contribution in [2.45, 2.75) is 217 Å². The first-order chi connectivity index (χ1) is 22.3. The molecule has 1 amide bonds. The quantitative estimate of drug-likeness (QED) is 0.0466. The molecule has 0 spiro atoms. The topological polar surface area (TPSA) is 149 Å².